The molecule has 1 aliphatic carbocycles. The highest BCUT2D eigenvalue weighted by molar-refractivity contribution is 7.98. The molecule has 0 fully saturated rings. The highest BCUT2D eigenvalue weighted by Gasteiger charge is 2.24. The van der Waals surface area contributed by atoms with Crippen LogP contribution in [0.3, 0.4) is 0 Å². The SMILES string of the molecule is CSc1ccc(/C=C2/C(C)=C(Cc3nn[nH]n3)c3ccccc32)cc1. The van der Waals surface area contributed by atoms with E-state index in [1.54, 1.807) is 11.8 Å². The van der Waals surface area contributed by atoms with Crippen LogP contribution in [0, 0.1) is 0 Å². The average molecular weight is 346 g/mol. The van der Waals surface area contributed by atoms with Gasteiger partial charge in [0.15, 0.2) is 5.82 Å². The van der Waals surface area contributed by atoms with Crippen molar-refractivity contribution in [3.8, 4) is 0 Å². The van der Waals surface area contributed by atoms with Gasteiger partial charge < -0.3 is 0 Å². The maximum atomic E-state index is 4.11. The van der Waals surface area contributed by atoms with E-state index in [0.717, 1.165) is 5.82 Å². The summed E-state index contributed by atoms with van der Waals surface area (Å²) in [4.78, 5) is 1.28. The normalized spacial score (nSPS) is 15.0. The van der Waals surface area contributed by atoms with Crippen molar-refractivity contribution in [2.24, 2.45) is 0 Å². The van der Waals surface area contributed by atoms with Crippen LogP contribution in [-0.4, -0.2) is 26.9 Å². The Balaban J connectivity index is 1.78. The van der Waals surface area contributed by atoms with Crippen molar-refractivity contribution in [3.05, 3.63) is 76.6 Å². The van der Waals surface area contributed by atoms with E-state index in [1.165, 1.54) is 38.3 Å². The smallest absolute Gasteiger partial charge is 0.177 e. The standard InChI is InChI=1S/C20H18N4S/c1-13-18(11-14-7-9-15(25-2)10-8-14)16-5-3-4-6-17(16)19(13)12-20-21-23-24-22-20/h3-11H,12H2,1-2H3,(H,21,22,23,24)/b18-11-. The molecule has 25 heavy (non-hydrogen) atoms. The van der Waals surface area contributed by atoms with Gasteiger partial charge in [0, 0.05) is 11.3 Å². The molecule has 3 aromatic rings. The Kier molecular flexibility index (Phi) is 4.24. The van der Waals surface area contributed by atoms with E-state index >= 15 is 0 Å². The Bertz CT molecular complexity index is 954. The first-order valence-corrected chi connectivity index (χ1v) is 9.36. The molecule has 124 valence electrons. The van der Waals surface area contributed by atoms with Gasteiger partial charge in [0.05, 0.1) is 0 Å². The summed E-state index contributed by atoms with van der Waals surface area (Å²) < 4.78 is 0. The predicted molar refractivity (Wildman–Crippen MR) is 103 cm³/mol. The molecule has 4 rings (SSSR count). The predicted octanol–water partition coefficient (Wildman–Crippen LogP) is 4.49. The fraction of sp³-hybridized carbons (Fsp3) is 0.150. The van der Waals surface area contributed by atoms with Crippen molar-refractivity contribution in [3.63, 3.8) is 0 Å². The Labute approximate surface area is 151 Å². The Morgan fingerprint density at radius 2 is 1.80 bits per heavy atom. The van der Waals surface area contributed by atoms with Gasteiger partial charge in [-0.25, -0.2) is 0 Å². The molecule has 0 aliphatic heterocycles. The van der Waals surface area contributed by atoms with Crippen molar-refractivity contribution in [2.75, 3.05) is 6.26 Å². The van der Waals surface area contributed by atoms with Gasteiger partial charge in [-0.2, -0.15) is 5.21 Å². The second kappa shape index (κ2) is 6.69. The van der Waals surface area contributed by atoms with E-state index in [-0.39, 0.29) is 0 Å². The number of H-pyrrole nitrogens is 1. The maximum Gasteiger partial charge on any atom is 0.178 e. The summed E-state index contributed by atoms with van der Waals surface area (Å²) in [5.41, 5.74) is 7.56. The summed E-state index contributed by atoms with van der Waals surface area (Å²) in [5, 5.41) is 14.4. The zero-order valence-corrected chi connectivity index (χ0v) is 15.0. The van der Waals surface area contributed by atoms with E-state index in [2.05, 4.69) is 88.4 Å². The lowest BCUT2D eigenvalue weighted by Gasteiger charge is -2.04. The van der Waals surface area contributed by atoms with Crippen LogP contribution in [0.5, 0.6) is 0 Å². The number of benzene rings is 2. The van der Waals surface area contributed by atoms with Gasteiger partial charge in [0.1, 0.15) is 0 Å². The molecule has 0 radical (unpaired) electrons. The quantitative estimate of drug-likeness (QED) is 0.707. The third kappa shape index (κ3) is 3.03. The number of fused-ring (bicyclic) bond motifs is 1. The monoisotopic (exact) mass is 346 g/mol. The number of aromatic amines is 1. The number of nitrogens with one attached hydrogen (secondary N) is 1. The minimum Gasteiger partial charge on any atom is -0.177 e. The number of thioether (sulfide) groups is 1. The lowest BCUT2D eigenvalue weighted by molar-refractivity contribution is 0.881. The molecule has 0 unspecified atom stereocenters. The molecule has 1 aliphatic rings. The van der Waals surface area contributed by atoms with Gasteiger partial charge in [-0.15, -0.1) is 22.0 Å². The van der Waals surface area contributed by atoms with Crippen LogP contribution >= 0.6 is 11.8 Å². The summed E-state index contributed by atoms with van der Waals surface area (Å²) in [6.45, 7) is 2.18. The van der Waals surface area contributed by atoms with Gasteiger partial charge in [-0.05, 0) is 64.8 Å². The molecule has 2 aromatic carbocycles. The summed E-state index contributed by atoms with van der Waals surface area (Å²) in [5.74, 6) is 0.717. The van der Waals surface area contributed by atoms with Crippen LogP contribution in [0.1, 0.15) is 29.4 Å². The number of allylic oxidation sites excluding steroid dienone is 3. The number of aromatic nitrogens is 4. The lowest BCUT2D eigenvalue weighted by atomic mass is 10.0. The second-order valence-electron chi connectivity index (χ2n) is 5.99. The molecule has 1 heterocycles. The second-order valence-corrected chi connectivity index (χ2v) is 6.86. The minimum absolute atomic E-state index is 0.683. The Morgan fingerprint density at radius 3 is 2.48 bits per heavy atom. The van der Waals surface area contributed by atoms with Crippen LogP contribution in [0.4, 0.5) is 0 Å². The number of tetrazole rings is 1. The topological polar surface area (TPSA) is 54.5 Å². The molecule has 5 heteroatoms. The largest absolute Gasteiger partial charge is 0.178 e. The van der Waals surface area contributed by atoms with Gasteiger partial charge >= 0.3 is 0 Å². The van der Waals surface area contributed by atoms with Crippen LogP contribution < -0.4 is 0 Å². The van der Waals surface area contributed by atoms with Gasteiger partial charge in [0.2, 0.25) is 0 Å². The summed E-state index contributed by atoms with van der Waals surface area (Å²) >= 11 is 1.76. The molecule has 0 saturated heterocycles. The highest BCUT2D eigenvalue weighted by Crippen LogP contribution is 2.43. The van der Waals surface area contributed by atoms with Gasteiger partial charge in [-0.1, -0.05) is 41.6 Å². The minimum atomic E-state index is 0.683. The zero-order valence-electron chi connectivity index (χ0n) is 14.2. The fourth-order valence-electron chi connectivity index (χ4n) is 3.24. The average Bonchev–Trinajstić information content (AvgIpc) is 3.25. The third-order valence-corrected chi connectivity index (χ3v) is 5.29. The summed E-state index contributed by atoms with van der Waals surface area (Å²) in [6.07, 6.45) is 5.04. The molecule has 0 atom stereocenters. The summed E-state index contributed by atoms with van der Waals surface area (Å²) in [7, 11) is 0. The molecule has 1 aromatic heterocycles. The number of hydrogen-bond donors (Lipinski definition) is 1. The van der Waals surface area contributed by atoms with Crippen molar-refractivity contribution in [1.29, 1.82) is 0 Å². The molecular weight excluding hydrogens is 328 g/mol. The van der Waals surface area contributed by atoms with Crippen molar-refractivity contribution in [2.45, 2.75) is 18.2 Å². The Hall–Kier alpha value is -2.66. The molecule has 0 amide bonds. The first-order chi connectivity index (χ1) is 12.3. The van der Waals surface area contributed by atoms with Crippen molar-refractivity contribution < 1.29 is 0 Å². The highest BCUT2D eigenvalue weighted by atomic mass is 32.2. The van der Waals surface area contributed by atoms with Gasteiger partial charge in [0.25, 0.3) is 0 Å². The van der Waals surface area contributed by atoms with Crippen LogP contribution in [0.15, 0.2) is 59.0 Å². The molecule has 0 saturated carbocycles. The first kappa shape index (κ1) is 15.8. The molecule has 0 spiro atoms. The van der Waals surface area contributed by atoms with E-state index in [4.69, 9.17) is 0 Å². The zero-order chi connectivity index (χ0) is 17.2. The van der Waals surface area contributed by atoms with E-state index in [1.807, 2.05) is 0 Å². The van der Waals surface area contributed by atoms with Crippen molar-refractivity contribution in [1.82, 2.24) is 20.6 Å². The van der Waals surface area contributed by atoms with Crippen molar-refractivity contribution >= 4 is 29.0 Å². The molecule has 1 N–H and O–H groups in total. The number of hydrogen-bond acceptors (Lipinski definition) is 4. The van der Waals surface area contributed by atoms with Crippen LogP contribution in [-0.2, 0) is 6.42 Å². The number of nitrogens with zero attached hydrogens (tertiary/aromatic N) is 3. The molecule has 4 nitrogen and oxygen atoms in total. The van der Waals surface area contributed by atoms with Crippen LogP contribution in [0.25, 0.3) is 17.2 Å². The maximum absolute atomic E-state index is 4.11. The lowest BCUT2D eigenvalue weighted by Crippen LogP contribution is -1.93. The first-order valence-electron chi connectivity index (χ1n) is 8.14. The Morgan fingerprint density at radius 1 is 1.04 bits per heavy atom. The third-order valence-electron chi connectivity index (χ3n) is 4.55. The fourth-order valence-corrected chi connectivity index (χ4v) is 3.65. The van der Waals surface area contributed by atoms with E-state index < -0.39 is 0 Å². The van der Waals surface area contributed by atoms with Crippen LogP contribution in [0.2, 0.25) is 0 Å². The van der Waals surface area contributed by atoms with E-state index in [9.17, 15) is 0 Å². The molecule has 0 bridgehead atoms. The van der Waals surface area contributed by atoms with E-state index in [0.29, 0.717) is 6.42 Å². The molecular formula is C20H18N4S. The number of rotatable bonds is 4. The van der Waals surface area contributed by atoms with Gasteiger partial charge in [-0.3, -0.25) is 0 Å². The summed E-state index contributed by atoms with van der Waals surface area (Å²) in [6, 6.07) is 17.2.